The highest BCUT2D eigenvalue weighted by atomic mass is 19.1. The largest absolute Gasteiger partial charge is 0.494 e. The van der Waals surface area contributed by atoms with Crippen molar-refractivity contribution in [3.05, 3.63) is 42.2 Å². The van der Waals surface area contributed by atoms with E-state index in [-0.39, 0.29) is 24.5 Å². The number of benzene rings is 1. The molecule has 35 heavy (non-hydrogen) atoms. The Kier molecular flexibility index (Phi) is 6.82. The van der Waals surface area contributed by atoms with Gasteiger partial charge in [0.05, 0.1) is 30.9 Å². The van der Waals surface area contributed by atoms with Gasteiger partial charge in [-0.3, -0.25) is 4.79 Å². The Bertz CT molecular complexity index is 1190. The lowest BCUT2D eigenvalue weighted by atomic mass is 10.1. The number of aromatic amines is 1. The lowest BCUT2D eigenvalue weighted by Gasteiger charge is -2.16. The number of aliphatic hydroxyl groups excluding tert-OH is 2. The third-order valence-corrected chi connectivity index (χ3v) is 5.97. The smallest absolute Gasteiger partial charge is 0.245 e. The zero-order valence-corrected chi connectivity index (χ0v) is 18.8. The highest BCUT2D eigenvalue weighted by molar-refractivity contribution is 5.81. The summed E-state index contributed by atoms with van der Waals surface area (Å²) in [6.45, 7) is 0.754. The normalized spacial score (nSPS) is 23.4. The van der Waals surface area contributed by atoms with Gasteiger partial charge in [0, 0.05) is 24.2 Å². The number of aromatic nitrogens is 2. The topological polar surface area (TPSA) is 135 Å². The Labute approximate surface area is 200 Å². The molecular weight excluding hydrogens is 461 g/mol. The fourth-order valence-electron chi connectivity index (χ4n) is 4.24. The van der Waals surface area contributed by atoms with Gasteiger partial charge in [0.1, 0.15) is 36.4 Å². The molecule has 0 radical (unpaired) electrons. The Morgan fingerprint density at radius 1 is 1.20 bits per heavy atom. The van der Waals surface area contributed by atoms with Crippen molar-refractivity contribution in [3.63, 3.8) is 0 Å². The standard InChI is InChI=1S/C24H26FN3O7/c25-15-8-16-17(9-21(27-16)35-19-12-34-23-18(30)11-33-24(19)23)28-22(15)13-2-4-14(5-3-13)32-7-1-6-26-20(31)10-29/h2-5,8-9,18-19,23-24,27,29-30H,1,6-7,10-12H2,(H,26,31)/t18-,19-,23-,24-/m1/s1. The van der Waals surface area contributed by atoms with Crippen molar-refractivity contribution < 1.29 is 38.3 Å². The summed E-state index contributed by atoms with van der Waals surface area (Å²) in [5.41, 5.74) is 1.84. The molecule has 2 aliphatic rings. The number of rotatable bonds is 9. The zero-order valence-electron chi connectivity index (χ0n) is 18.8. The first kappa shape index (κ1) is 23.5. The molecule has 10 nitrogen and oxygen atoms in total. The minimum atomic E-state index is -0.661. The van der Waals surface area contributed by atoms with Gasteiger partial charge in [-0.1, -0.05) is 0 Å². The second-order valence-corrected chi connectivity index (χ2v) is 8.44. The number of carbonyl (C=O) groups is 1. The van der Waals surface area contributed by atoms with Gasteiger partial charge in [0.2, 0.25) is 5.91 Å². The maximum absolute atomic E-state index is 14.8. The minimum absolute atomic E-state index is 0.202. The fourth-order valence-corrected chi connectivity index (χ4v) is 4.24. The fraction of sp³-hybridized carbons (Fsp3) is 0.417. The molecule has 0 spiro atoms. The Morgan fingerprint density at radius 2 is 2.00 bits per heavy atom. The molecule has 2 fully saturated rings. The van der Waals surface area contributed by atoms with Gasteiger partial charge in [-0.25, -0.2) is 9.37 Å². The summed E-state index contributed by atoms with van der Waals surface area (Å²) in [5.74, 6) is 0.121. The van der Waals surface area contributed by atoms with Crippen LogP contribution in [0.4, 0.5) is 4.39 Å². The lowest BCUT2D eigenvalue weighted by molar-refractivity contribution is -0.123. The molecule has 1 aromatic carbocycles. The first-order chi connectivity index (χ1) is 17.0. The number of ether oxygens (including phenoxy) is 4. The number of fused-ring (bicyclic) bond motifs is 2. The van der Waals surface area contributed by atoms with E-state index in [9.17, 15) is 14.3 Å². The summed E-state index contributed by atoms with van der Waals surface area (Å²) in [6, 6.07) is 9.98. The van der Waals surface area contributed by atoms with Crippen molar-refractivity contribution in [1.29, 1.82) is 0 Å². The average Bonchev–Trinajstić information content (AvgIpc) is 3.55. The van der Waals surface area contributed by atoms with Gasteiger partial charge in [0.15, 0.2) is 17.8 Å². The van der Waals surface area contributed by atoms with Crippen LogP contribution in [0.3, 0.4) is 0 Å². The maximum atomic E-state index is 14.8. The van der Waals surface area contributed by atoms with Crippen molar-refractivity contribution in [2.75, 3.05) is 33.0 Å². The predicted molar refractivity (Wildman–Crippen MR) is 122 cm³/mol. The highest BCUT2D eigenvalue weighted by Crippen LogP contribution is 2.32. The Balaban J connectivity index is 1.22. The van der Waals surface area contributed by atoms with Gasteiger partial charge in [-0.15, -0.1) is 0 Å². The van der Waals surface area contributed by atoms with Crippen LogP contribution in [-0.2, 0) is 14.3 Å². The van der Waals surface area contributed by atoms with E-state index in [0.717, 1.165) is 0 Å². The second-order valence-electron chi connectivity index (χ2n) is 8.44. The molecule has 2 aromatic heterocycles. The molecule has 0 aliphatic carbocycles. The molecule has 0 unspecified atom stereocenters. The highest BCUT2D eigenvalue weighted by Gasteiger charge is 2.48. The van der Waals surface area contributed by atoms with Crippen molar-refractivity contribution in [1.82, 2.24) is 15.3 Å². The number of hydrogen-bond donors (Lipinski definition) is 4. The quantitative estimate of drug-likeness (QED) is 0.330. The monoisotopic (exact) mass is 487 g/mol. The first-order valence-corrected chi connectivity index (χ1v) is 11.4. The molecular formula is C24H26FN3O7. The number of hydrogen-bond acceptors (Lipinski definition) is 8. The van der Waals surface area contributed by atoms with E-state index in [1.807, 2.05) is 0 Å². The first-order valence-electron chi connectivity index (χ1n) is 11.4. The van der Waals surface area contributed by atoms with Crippen LogP contribution in [0.1, 0.15) is 6.42 Å². The van der Waals surface area contributed by atoms with Crippen molar-refractivity contribution in [3.8, 4) is 22.9 Å². The molecule has 11 heteroatoms. The Morgan fingerprint density at radius 3 is 2.80 bits per heavy atom. The third kappa shape index (κ3) is 5.08. The van der Waals surface area contributed by atoms with Crippen LogP contribution in [-0.4, -0.2) is 83.5 Å². The molecule has 4 atom stereocenters. The molecule has 5 rings (SSSR count). The summed E-state index contributed by atoms with van der Waals surface area (Å²) in [4.78, 5) is 18.5. The van der Waals surface area contributed by atoms with Crippen LogP contribution in [0.25, 0.3) is 22.3 Å². The SMILES string of the molecule is O=C(CO)NCCCOc1ccc(-c2nc3cc(O[C@@H]4CO[C@H]5[C@@H]4OC[C@H]5O)[nH]c3cc2F)cc1. The average molecular weight is 487 g/mol. The minimum Gasteiger partial charge on any atom is -0.494 e. The summed E-state index contributed by atoms with van der Waals surface area (Å²) in [5, 5.41) is 21.1. The molecule has 0 bridgehead atoms. The number of H-pyrrole nitrogens is 1. The van der Waals surface area contributed by atoms with E-state index >= 15 is 0 Å². The van der Waals surface area contributed by atoms with Gasteiger partial charge in [0.25, 0.3) is 0 Å². The number of nitrogens with one attached hydrogen (secondary N) is 2. The number of pyridine rings is 1. The number of amides is 1. The van der Waals surface area contributed by atoms with Crippen molar-refractivity contribution in [2.24, 2.45) is 0 Å². The molecule has 1 amide bonds. The van der Waals surface area contributed by atoms with E-state index in [4.69, 9.17) is 24.1 Å². The summed E-state index contributed by atoms with van der Waals surface area (Å²) in [7, 11) is 0. The second kappa shape index (κ2) is 10.2. The summed E-state index contributed by atoms with van der Waals surface area (Å²) in [6.07, 6.45) is -1.21. The van der Waals surface area contributed by atoms with Crippen molar-refractivity contribution in [2.45, 2.75) is 30.8 Å². The van der Waals surface area contributed by atoms with Gasteiger partial charge in [-0.2, -0.15) is 0 Å². The third-order valence-electron chi connectivity index (χ3n) is 5.97. The summed E-state index contributed by atoms with van der Waals surface area (Å²) >= 11 is 0. The van der Waals surface area contributed by atoms with Crippen LogP contribution in [0.2, 0.25) is 0 Å². The number of nitrogens with zero attached hydrogens (tertiary/aromatic N) is 1. The van der Waals surface area contributed by atoms with E-state index < -0.39 is 30.5 Å². The molecule has 2 saturated heterocycles. The predicted octanol–water partition coefficient (Wildman–Crippen LogP) is 1.15. The van der Waals surface area contributed by atoms with Crippen LogP contribution >= 0.6 is 0 Å². The van der Waals surface area contributed by atoms with Crippen LogP contribution in [0, 0.1) is 5.82 Å². The van der Waals surface area contributed by atoms with Gasteiger partial charge >= 0.3 is 0 Å². The van der Waals surface area contributed by atoms with Crippen LogP contribution in [0.15, 0.2) is 36.4 Å². The zero-order chi connectivity index (χ0) is 24.4. The van der Waals surface area contributed by atoms with E-state index in [1.54, 1.807) is 30.3 Å². The van der Waals surface area contributed by atoms with Crippen molar-refractivity contribution >= 4 is 16.9 Å². The maximum Gasteiger partial charge on any atom is 0.245 e. The summed E-state index contributed by atoms with van der Waals surface area (Å²) < 4.78 is 37.6. The van der Waals surface area contributed by atoms with Crippen LogP contribution in [0.5, 0.6) is 11.6 Å². The molecule has 186 valence electrons. The van der Waals surface area contributed by atoms with E-state index in [2.05, 4.69) is 15.3 Å². The van der Waals surface area contributed by atoms with Crippen LogP contribution < -0.4 is 14.8 Å². The molecule has 2 aliphatic heterocycles. The number of aliphatic hydroxyl groups is 2. The number of halogens is 1. The van der Waals surface area contributed by atoms with Gasteiger partial charge < -0.3 is 39.5 Å². The number of carbonyl (C=O) groups excluding carboxylic acids is 1. The Hall–Kier alpha value is -3.25. The molecule has 0 saturated carbocycles. The van der Waals surface area contributed by atoms with E-state index in [1.165, 1.54) is 6.07 Å². The lowest BCUT2D eigenvalue weighted by Crippen LogP contribution is -2.34. The molecule has 4 heterocycles. The van der Waals surface area contributed by atoms with Gasteiger partial charge in [-0.05, 0) is 30.7 Å². The molecule has 3 aromatic rings. The molecule has 4 N–H and O–H groups in total. The van der Waals surface area contributed by atoms with E-state index in [0.29, 0.717) is 54.4 Å².